The third kappa shape index (κ3) is 29.2. The van der Waals surface area contributed by atoms with Crippen molar-refractivity contribution >= 4 is 11.9 Å². The molecule has 0 aromatic rings. The van der Waals surface area contributed by atoms with Gasteiger partial charge in [0.05, 0.1) is 19.8 Å². The minimum atomic E-state index is -1.77. The van der Waals surface area contributed by atoms with Crippen LogP contribution in [0.15, 0.2) is 48.6 Å². The maximum Gasteiger partial charge on any atom is 0.306 e. The average molecular weight is 997 g/mol. The minimum absolute atomic E-state index is 0.157. The third-order valence-electron chi connectivity index (χ3n) is 12.8. The van der Waals surface area contributed by atoms with E-state index in [1.165, 1.54) is 77.0 Å². The summed E-state index contributed by atoms with van der Waals surface area (Å²) in [5.41, 5.74) is 0. The highest BCUT2D eigenvalue weighted by Gasteiger charge is 2.47. The quantitative estimate of drug-likeness (QED) is 0.0173. The molecule has 11 atom stereocenters. The molecule has 0 bridgehead atoms. The van der Waals surface area contributed by atoms with Gasteiger partial charge in [0.1, 0.15) is 55.4 Å². The molecule has 2 saturated heterocycles. The molecule has 0 aromatic carbocycles. The van der Waals surface area contributed by atoms with Crippen molar-refractivity contribution < 1.29 is 73.8 Å². The highest BCUT2D eigenvalue weighted by Crippen LogP contribution is 2.26. The standard InChI is InChI=1S/C55H96O15/c1-3-5-7-9-11-13-15-17-19-21-23-25-27-29-31-33-35-37-46(57)65-40-43(68-47(58)38-36-34-32-30-28-26-24-22-20-18-16-14-12-10-8-6-4-2)41-66-54-53(64)51(62)49(60)45(70-54)42-67-55-52(63)50(61)48(59)44(39-56)69-55/h11,13-14,16-17,19,23,25,43-45,48-56,59-64H,3-10,12,15,18,20-22,24,26-42H2,1-2H3/b13-11+,16-14+,19-17+,25-23+/t43-,44+,45+,48-,49-,50?,51?,52?,53?,54+,55+/m0/s1. The van der Waals surface area contributed by atoms with Crippen molar-refractivity contribution in [2.75, 3.05) is 26.4 Å². The second kappa shape index (κ2) is 41.9. The summed E-state index contributed by atoms with van der Waals surface area (Å²) in [7, 11) is 0. The van der Waals surface area contributed by atoms with E-state index in [1.807, 2.05) is 0 Å². The Hall–Kier alpha value is -2.54. The second-order valence-electron chi connectivity index (χ2n) is 19.0. The Morgan fingerprint density at radius 1 is 0.457 bits per heavy atom. The van der Waals surface area contributed by atoms with E-state index in [0.29, 0.717) is 12.8 Å². The molecule has 406 valence electrons. The van der Waals surface area contributed by atoms with Crippen LogP contribution in [0.2, 0.25) is 0 Å². The molecule has 2 heterocycles. The molecule has 2 aliphatic heterocycles. The molecule has 0 spiro atoms. The van der Waals surface area contributed by atoms with Gasteiger partial charge in [-0.3, -0.25) is 9.59 Å². The van der Waals surface area contributed by atoms with Crippen LogP contribution in [-0.4, -0.2) is 142 Å². The van der Waals surface area contributed by atoms with Gasteiger partial charge in [-0.15, -0.1) is 0 Å². The van der Waals surface area contributed by atoms with Gasteiger partial charge in [-0.05, 0) is 77.0 Å². The van der Waals surface area contributed by atoms with Gasteiger partial charge in [0, 0.05) is 12.8 Å². The van der Waals surface area contributed by atoms with Gasteiger partial charge in [-0.25, -0.2) is 0 Å². The maximum absolute atomic E-state index is 13.0. The van der Waals surface area contributed by atoms with Crippen LogP contribution in [0.25, 0.3) is 0 Å². The lowest BCUT2D eigenvalue weighted by molar-refractivity contribution is -0.332. The van der Waals surface area contributed by atoms with Gasteiger partial charge in [0.25, 0.3) is 0 Å². The molecule has 4 unspecified atom stereocenters. The number of aliphatic hydroxyl groups is 7. The summed E-state index contributed by atoms with van der Waals surface area (Å²) in [6.45, 7) is 2.53. The predicted molar refractivity (Wildman–Crippen MR) is 270 cm³/mol. The molecular weight excluding hydrogens is 901 g/mol. The number of ether oxygens (including phenoxy) is 6. The van der Waals surface area contributed by atoms with Crippen molar-refractivity contribution in [3.63, 3.8) is 0 Å². The largest absolute Gasteiger partial charge is 0.462 e. The van der Waals surface area contributed by atoms with Gasteiger partial charge < -0.3 is 64.2 Å². The van der Waals surface area contributed by atoms with Crippen LogP contribution in [-0.2, 0) is 38.0 Å². The Kier molecular flexibility index (Phi) is 38.0. The van der Waals surface area contributed by atoms with Gasteiger partial charge >= 0.3 is 11.9 Å². The number of rotatable bonds is 42. The van der Waals surface area contributed by atoms with E-state index in [1.54, 1.807) is 0 Å². The van der Waals surface area contributed by atoms with Crippen LogP contribution in [0.3, 0.4) is 0 Å². The summed E-state index contributed by atoms with van der Waals surface area (Å²) < 4.78 is 33.6. The smallest absolute Gasteiger partial charge is 0.306 e. The van der Waals surface area contributed by atoms with E-state index in [-0.39, 0.29) is 19.4 Å². The second-order valence-corrected chi connectivity index (χ2v) is 19.0. The number of unbranched alkanes of at least 4 members (excludes halogenated alkanes) is 20. The van der Waals surface area contributed by atoms with Gasteiger partial charge in [0.2, 0.25) is 0 Å². The SMILES string of the molecule is CCCCC/C=C/C/C=C/C/C=C/CCCCCCC(=O)OC[C@@H](CO[C@@H]1O[C@H](CO[C@@H]2O[C@H](CO)[C@H](O)C(O)C2O)[C@H](O)C(O)C1O)OC(=O)CCCCCCCCCCC/C=C/CCCCCC. The maximum atomic E-state index is 13.0. The lowest BCUT2D eigenvalue weighted by Crippen LogP contribution is -2.61. The van der Waals surface area contributed by atoms with Crippen LogP contribution in [0.5, 0.6) is 0 Å². The van der Waals surface area contributed by atoms with Gasteiger partial charge in [0.15, 0.2) is 18.7 Å². The number of hydrogen-bond donors (Lipinski definition) is 7. The molecule has 0 saturated carbocycles. The number of carbonyl (C=O) groups is 2. The Morgan fingerprint density at radius 3 is 1.39 bits per heavy atom. The fourth-order valence-corrected chi connectivity index (χ4v) is 8.28. The molecule has 0 amide bonds. The molecule has 0 aliphatic carbocycles. The van der Waals surface area contributed by atoms with Crippen molar-refractivity contribution in [2.45, 2.75) is 261 Å². The Morgan fingerprint density at radius 2 is 0.857 bits per heavy atom. The molecule has 2 rings (SSSR count). The van der Waals surface area contributed by atoms with Crippen molar-refractivity contribution in [1.82, 2.24) is 0 Å². The summed E-state index contributed by atoms with van der Waals surface area (Å²) in [5.74, 6) is -0.951. The third-order valence-corrected chi connectivity index (χ3v) is 12.8. The van der Waals surface area contributed by atoms with Crippen molar-refractivity contribution in [2.24, 2.45) is 0 Å². The van der Waals surface area contributed by atoms with E-state index < -0.39 is 99.3 Å². The summed E-state index contributed by atoms with van der Waals surface area (Å²) >= 11 is 0. The van der Waals surface area contributed by atoms with E-state index in [0.717, 1.165) is 77.0 Å². The topological polar surface area (TPSA) is 231 Å². The summed E-state index contributed by atoms with van der Waals surface area (Å²) in [6.07, 6.45) is 29.8. The van der Waals surface area contributed by atoms with Crippen LogP contribution in [0.1, 0.15) is 194 Å². The molecule has 2 aliphatic rings. The van der Waals surface area contributed by atoms with Crippen molar-refractivity contribution in [1.29, 1.82) is 0 Å². The molecule has 70 heavy (non-hydrogen) atoms. The van der Waals surface area contributed by atoms with Gasteiger partial charge in [-0.2, -0.15) is 0 Å². The first-order valence-electron chi connectivity index (χ1n) is 27.2. The van der Waals surface area contributed by atoms with Crippen molar-refractivity contribution in [3.05, 3.63) is 48.6 Å². The Balaban J connectivity index is 1.80. The normalized spacial score (nSPS) is 25.7. The molecule has 15 nitrogen and oxygen atoms in total. The zero-order valence-electron chi connectivity index (χ0n) is 43.0. The first-order valence-corrected chi connectivity index (χ1v) is 27.2. The molecule has 0 radical (unpaired) electrons. The number of hydrogen-bond acceptors (Lipinski definition) is 15. The summed E-state index contributed by atoms with van der Waals surface area (Å²) in [6, 6.07) is 0. The number of esters is 2. The van der Waals surface area contributed by atoms with E-state index in [4.69, 9.17) is 28.4 Å². The molecular formula is C55H96O15. The first-order chi connectivity index (χ1) is 34.0. The minimum Gasteiger partial charge on any atom is -0.462 e. The Bertz CT molecular complexity index is 1400. The average Bonchev–Trinajstić information content (AvgIpc) is 3.35. The number of carbonyl (C=O) groups excluding carboxylic acids is 2. The van der Waals surface area contributed by atoms with Crippen LogP contribution in [0.4, 0.5) is 0 Å². The molecule has 2 fully saturated rings. The lowest BCUT2D eigenvalue weighted by Gasteiger charge is -2.42. The fraction of sp³-hybridized carbons (Fsp3) is 0.818. The van der Waals surface area contributed by atoms with E-state index >= 15 is 0 Å². The lowest BCUT2D eigenvalue weighted by atomic mass is 9.98. The van der Waals surface area contributed by atoms with Crippen molar-refractivity contribution in [3.8, 4) is 0 Å². The zero-order chi connectivity index (χ0) is 51.0. The highest BCUT2D eigenvalue weighted by molar-refractivity contribution is 5.70. The highest BCUT2D eigenvalue weighted by atomic mass is 16.7. The van der Waals surface area contributed by atoms with Gasteiger partial charge in [-0.1, -0.05) is 152 Å². The number of allylic oxidation sites excluding steroid dienone is 8. The summed E-state index contributed by atoms with van der Waals surface area (Å²) in [4.78, 5) is 25.8. The van der Waals surface area contributed by atoms with Crippen LogP contribution >= 0.6 is 0 Å². The van der Waals surface area contributed by atoms with E-state index in [9.17, 15) is 45.3 Å². The van der Waals surface area contributed by atoms with Crippen LogP contribution < -0.4 is 0 Å². The Labute approximate surface area is 420 Å². The van der Waals surface area contributed by atoms with Crippen LogP contribution in [0, 0.1) is 0 Å². The first kappa shape index (κ1) is 63.6. The number of aliphatic hydroxyl groups excluding tert-OH is 7. The zero-order valence-corrected chi connectivity index (χ0v) is 43.0. The fourth-order valence-electron chi connectivity index (χ4n) is 8.28. The summed E-state index contributed by atoms with van der Waals surface area (Å²) in [5, 5.41) is 72.2. The van der Waals surface area contributed by atoms with E-state index in [2.05, 4.69) is 62.5 Å². The molecule has 0 aromatic heterocycles. The predicted octanol–water partition coefficient (Wildman–Crippen LogP) is 8.27. The molecule has 7 N–H and O–H groups in total. The molecule has 15 heteroatoms. The monoisotopic (exact) mass is 997 g/mol.